The lowest BCUT2D eigenvalue weighted by Gasteiger charge is -2.36. The van der Waals surface area contributed by atoms with Gasteiger partial charge in [-0.2, -0.15) is 0 Å². The number of piperidine rings is 1. The smallest absolute Gasteiger partial charge is 0.249 e. The van der Waals surface area contributed by atoms with Gasteiger partial charge >= 0.3 is 0 Å². The summed E-state index contributed by atoms with van der Waals surface area (Å²) >= 11 is 7.93. The van der Waals surface area contributed by atoms with Crippen molar-refractivity contribution >= 4 is 58.0 Å². The molecule has 2 aromatic carbocycles. The summed E-state index contributed by atoms with van der Waals surface area (Å²) in [4.78, 5) is 60.7. The molecule has 1 unspecified atom stereocenters. The summed E-state index contributed by atoms with van der Waals surface area (Å²) in [5.41, 5.74) is 5.95. The Balaban J connectivity index is 0.853. The predicted octanol–water partition coefficient (Wildman–Crippen LogP) is 4.76. The van der Waals surface area contributed by atoms with Crippen LogP contribution in [0.15, 0.2) is 53.5 Å². The molecule has 15 heteroatoms. The molecule has 0 saturated carbocycles. The lowest BCUT2D eigenvalue weighted by atomic mass is 9.99. The van der Waals surface area contributed by atoms with E-state index in [2.05, 4.69) is 60.4 Å². The molecule has 2 aromatic heterocycles. The Morgan fingerprint density at radius 2 is 1.75 bits per heavy atom. The molecule has 3 aliphatic heterocycles. The fourth-order valence-corrected chi connectivity index (χ4v) is 8.94. The van der Waals surface area contributed by atoms with Crippen molar-refractivity contribution in [3.8, 4) is 5.00 Å². The summed E-state index contributed by atoms with van der Waals surface area (Å²) < 4.78 is 2.07. The molecule has 2 fully saturated rings. The molecule has 4 amide bonds. The molecule has 3 aliphatic rings. The van der Waals surface area contributed by atoms with Crippen LogP contribution in [0.1, 0.15) is 83.3 Å². The number of piperazine rings is 1. The number of benzene rings is 2. The molecule has 5 heterocycles. The largest absolute Gasteiger partial charge is 0.369 e. The van der Waals surface area contributed by atoms with E-state index in [1.807, 2.05) is 49.4 Å². The molecule has 0 aliphatic carbocycles. The maximum atomic E-state index is 13.4. The maximum absolute atomic E-state index is 13.4. The second-order valence-electron chi connectivity index (χ2n) is 14.8. The summed E-state index contributed by atoms with van der Waals surface area (Å²) in [6.45, 7) is 11.5. The van der Waals surface area contributed by atoms with E-state index >= 15 is 0 Å². The van der Waals surface area contributed by atoms with Gasteiger partial charge in [-0.25, -0.2) is 0 Å². The van der Waals surface area contributed by atoms with Gasteiger partial charge in [-0.3, -0.25) is 39.0 Å². The number of nitrogens with one attached hydrogen (secondary N) is 3. The second kappa shape index (κ2) is 17.5. The minimum atomic E-state index is -0.670. The number of rotatable bonds is 13. The number of aryl methyl sites for hydroxylation is 2. The van der Waals surface area contributed by atoms with Crippen LogP contribution in [0.2, 0.25) is 5.02 Å². The third-order valence-electron chi connectivity index (χ3n) is 10.8. The van der Waals surface area contributed by atoms with Gasteiger partial charge in [0, 0.05) is 65.9 Å². The van der Waals surface area contributed by atoms with E-state index in [4.69, 9.17) is 16.6 Å². The number of unbranched alkanes of at least 4 members (excludes halogenated alkanes) is 2. The predicted molar refractivity (Wildman–Crippen MR) is 218 cm³/mol. The number of aliphatic imine (C=N–C) groups is 1. The molecule has 13 nitrogen and oxygen atoms in total. The fraction of sp³-hybridized carbons (Fsp3) is 0.439. The molecule has 294 valence electrons. The normalized spacial score (nSPS) is 18.4. The van der Waals surface area contributed by atoms with Crippen molar-refractivity contribution < 1.29 is 19.2 Å². The lowest BCUT2D eigenvalue weighted by Crippen LogP contribution is -2.52. The van der Waals surface area contributed by atoms with Crippen LogP contribution in [0.25, 0.3) is 5.00 Å². The van der Waals surface area contributed by atoms with Crippen LogP contribution in [0.4, 0.5) is 5.69 Å². The third-order valence-corrected chi connectivity index (χ3v) is 12.2. The zero-order valence-electron chi connectivity index (χ0n) is 32.1. The topological polar surface area (TPSA) is 154 Å². The molecular weight excluding hydrogens is 750 g/mol. The van der Waals surface area contributed by atoms with Crippen LogP contribution in [0, 0.1) is 20.8 Å². The van der Waals surface area contributed by atoms with Crippen molar-refractivity contribution in [2.75, 3.05) is 44.2 Å². The zero-order valence-corrected chi connectivity index (χ0v) is 33.6. The standard InChI is InChI=1S/C41H48ClN9O4S/c1-25-26(2)56-41-37(25)38(29-10-12-30(42)13-11-29)45-33(39-48-47-27(3)51(39)41)24-35(53)43-16-5-4-6-17-49-18-20-50(21-19-49)31-9-7-8-28(22-31)23-36(54)44-32-14-15-34(52)46-40(32)55/h7-13,22,32-33H,4-6,14-21,23-24H2,1-3H3,(H,43,53)(H,44,54)(H,46,52,55)/t32?,33-/m0/s1. The number of thiophene rings is 1. The Hall–Kier alpha value is -4.92. The highest BCUT2D eigenvalue weighted by molar-refractivity contribution is 7.15. The number of halogens is 1. The van der Waals surface area contributed by atoms with E-state index in [1.165, 1.54) is 4.88 Å². The Morgan fingerprint density at radius 1 is 0.964 bits per heavy atom. The summed E-state index contributed by atoms with van der Waals surface area (Å²) in [7, 11) is 0. The molecular formula is C41H48ClN9O4S. The van der Waals surface area contributed by atoms with E-state index < -0.39 is 18.0 Å². The van der Waals surface area contributed by atoms with Gasteiger partial charge in [0.1, 0.15) is 22.9 Å². The average Bonchev–Trinajstić information content (AvgIpc) is 3.66. The highest BCUT2D eigenvalue weighted by Gasteiger charge is 2.33. The third kappa shape index (κ3) is 9.03. The van der Waals surface area contributed by atoms with Crippen LogP contribution in [0.3, 0.4) is 0 Å². The van der Waals surface area contributed by atoms with Gasteiger partial charge in [-0.05, 0) is 82.0 Å². The molecule has 2 saturated heterocycles. The van der Waals surface area contributed by atoms with Crippen LogP contribution >= 0.6 is 22.9 Å². The van der Waals surface area contributed by atoms with Crippen LogP contribution in [0.5, 0.6) is 0 Å². The molecule has 0 spiro atoms. The van der Waals surface area contributed by atoms with Gasteiger partial charge in [0.15, 0.2) is 5.82 Å². The minimum Gasteiger partial charge on any atom is -0.369 e. The van der Waals surface area contributed by atoms with Gasteiger partial charge in [0.2, 0.25) is 23.6 Å². The van der Waals surface area contributed by atoms with Crippen molar-refractivity contribution in [2.45, 2.75) is 77.8 Å². The number of amides is 4. The Bertz CT molecular complexity index is 2140. The van der Waals surface area contributed by atoms with Crippen molar-refractivity contribution in [2.24, 2.45) is 4.99 Å². The van der Waals surface area contributed by atoms with Crippen molar-refractivity contribution in [3.05, 3.63) is 92.3 Å². The molecule has 56 heavy (non-hydrogen) atoms. The first kappa shape index (κ1) is 39.3. The Kier molecular flexibility index (Phi) is 12.3. The minimum absolute atomic E-state index is 0.0605. The number of imide groups is 1. The number of anilines is 1. The molecule has 7 rings (SSSR count). The van der Waals surface area contributed by atoms with Crippen molar-refractivity contribution in [3.63, 3.8) is 0 Å². The number of hydrogen-bond donors (Lipinski definition) is 3. The van der Waals surface area contributed by atoms with E-state index in [9.17, 15) is 19.2 Å². The first-order valence-corrected chi connectivity index (χ1v) is 20.6. The molecule has 2 atom stereocenters. The highest BCUT2D eigenvalue weighted by atomic mass is 35.5. The lowest BCUT2D eigenvalue weighted by molar-refractivity contribution is -0.137. The van der Waals surface area contributed by atoms with Crippen LogP contribution in [-0.2, 0) is 25.6 Å². The first-order valence-electron chi connectivity index (χ1n) is 19.4. The van der Waals surface area contributed by atoms with Crippen molar-refractivity contribution in [1.29, 1.82) is 0 Å². The van der Waals surface area contributed by atoms with Gasteiger partial charge in [0.25, 0.3) is 0 Å². The molecule has 3 N–H and O–H groups in total. The monoisotopic (exact) mass is 797 g/mol. The number of fused-ring (bicyclic) bond motifs is 3. The SMILES string of the molecule is Cc1sc2c(c1C)C(c1ccc(Cl)cc1)=N[C@@H](CC(=O)NCCCCCN1CCN(c3cccc(CC(=O)NC4CCC(=O)NC4=O)c3)CC1)c1nnc(C)n1-2. The van der Waals surface area contributed by atoms with Gasteiger partial charge in [0.05, 0.1) is 18.6 Å². The van der Waals surface area contributed by atoms with E-state index in [0.717, 1.165) is 96.5 Å². The fourth-order valence-electron chi connectivity index (χ4n) is 7.60. The number of aromatic nitrogens is 3. The van der Waals surface area contributed by atoms with Crippen LogP contribution < -0.4 is 20.9 Å². The van der Waals surface area contributed by atoms with Crippen molar-refractivity contribution in [1.82, 2.24) is 35.6 Å². The quantitative estimate of drug-likeness (QED) is 0.129. The second-order valence-corrected chi connectivity index (χ2v) is 16.4. The molecule has 0 radical (unpaired) electrons. The maximum Gasteiger partial charge on any atom is 0.249 e. The summed E-state index contributed by atoms with van der Waals surface area (Å²) in [6, 6.07) is 14.5. The Morgan fingerprint density at radius 3 is 2.52 bits per heavy atom. The number of hydrogen-bond acceptors (Lipinski definition) is 10. The average molecular weight is 798 g/mol. The number of nitrogens with zero attached hydrogens (tertiary/aromatic N) is 6. The Labute approximate surface area is 335 Å². The summed E-state index contributed by atoms with van der Waals surface area (Å²) in [5.74, 6) is 0.396. The zero-order chi connectivity index (χ0) is 39.3. The van der Waals surface area contributed by atoms with E-state index in [0.29, 0.717) is 23.8 Å². The van der Waals surface area contributed by atoms with E-state index in [-0.39, 0.29) is 37.0 Å². The number of carbonyl (C=O) groups is 4. The molecule has 4 aromatic rings. The summed E-state index contributed by atoms with van der Waals surface area (Å²) in [5, 5.41) is 18.8. The number of carbonyl (C=O) groups excluding carboxylic acids is 4. The van der Waals surface area contributed by atoms with Gasteiger partial charge < -0.3 is 15.5 Å². The highest BCUT2D eigenvalue weighted by Crippen LogP contribution is 2.39. The molecule has 0 bridgehead atoms. The van der Waals surface area contributed by atoms with Gasteiger partial charge in [-0.1, -0.05) is 42.3 Å². The van der Waals surface area contributed by atoms with E-state index in [1.54, 1.807) is 11.3 Å². The van der Waals surface area contributed by atoms with Gasteiger partial charge in [-0.15, -0.1) is 21.5 Å². The summed E-state index contributed by atoms with van der Waals surface area (Å²) in [6.07, 6.45) is 3.85. The van der Waals surface area contributed by atoms with Crippen LogP contribution in [-0.4, -0.2) is 94.3 Å². The first-order chi connectivity index (χ1) is 27.0.